The van der Waals surface area contributed by atoms with E-state index in [1.54, 1.807) is 0 Å². The summed E-state index contributed by atoms with van der Waals surface area (Å²) in [4.78, 5) is 2.61. The number of rotatable bonds is 6. The van der Waals surface area contributed by atoms with Gasteiger partial charge in [0.05, 0.1) is 0 Å². The van der Waals surface area contributed by atoms with Crippen molar-refractivity contribution in [3.05, 3.63) is 35.9 Å². The van der Waals surface area contributed by atoms with E-state index in [9.17, 15) is 0 Å². The van der Waals surface area contributed by atoms with Crippen LogP contribution in [0.1, 0.15) is 57.1 Å². The highest BCUT2D eigenvalue weighted by molar-refractivity contribution is 5.19. The van der Waals surface area contributed by atoms with Crippen LogP contribution in [-0.4, -0.2) is 31.6 Å². The lowest BCUT2D eigenvalue weighted by molar-refractivity contribution is 0.178. The van der Waals surface area contributed by atoms with Gasteiger partial charge in [-0.1, -0.05) is 62.9 Å². The molecule has 2 atom stereocenters. The fraction of sp³-hybridized carbons (Fsp3) is 0.684. The molecular weight excluding hydrogens is 256 g/mol. The Morgan fingerprint density at radius 1 is 1.10 bits per heavy atom. The van der Waals surface area contributed by atoms with Gasteiger partial charge in [0.1, 0.15) is 0 Å². The van der Waals surface area contributed by atoms with Crippen molar-refractivity contribution >= 4 is 0 Å². The molecule has 1 aliphatic carbocycles. The van der Waals surface area contributed by atoms with E-state index in [1.807, 2.05) is 0 Å². The quantitative estimate of drug-likeness (QED) is 0.788. The molecule has 1 saturated carbocycles. The van der Waals surface area contributed by atoms with Crippen LogP contribution in [0.25, 0.3) is 0 Å². The first-order valence-corrected chi connectivity index (χ1v) is 8.65. The number of nitrogens with zero attached hydrogens (tertiary/aromatic N) is 1. The predicted octanol–water partition coefficient (Wildman–Crippen LogP) is 4.24. The first-order valence-electron chi connectivity index (χ1n) is 8.65. The monoisotopic (exact) mass is 288 g/mol. The molecule has 0 aliphatic heterocycles. The SMILES string of the molecule is CNC(c1ccccc1)C(C)CN(C)C1CCCCCC1. The van der Waals surface area contributed by atoms with Gasteiger partial charge in [0.15, 0.2) is 0 Å². The molecule has 21 heavy (non-hydrogen) atoms. The van der Waals surface area contributed by atoms with Gasteiger partial charge in [0.2, 0.25) is 0 Å². The molecule has 0 amide bonds. The minimum absolute atomic E-state index is 0.444. The molecule has 0 spiro atoms. The molecule has 0 bridgehead atoms. The summed E-state index contributed by atoms with van der Waals surface area (Å²) in [5.74, 6) is 0.616. The normalized spacial score (nSPS) is 20.2. The molecule has 0 heterocycles. The van der Waals surface area contributed by atoms with E-state index in [-0.39, 0.29) is 0 Å². The van der Waals surface area contributed by atoms with E-state index < -0.39 is 0 Å². The molecule has 2 rings (SSSR count). The number of hydrogen-bond acceptors (Lipinski definition) is 2. The second-order valence-electron chi connectivity index (χ2n) is 6.74. The third-order valence-corrected chi connectivity index (χ3v) is 5.06. The molecule has 2 nitrogen and oxygen atoms in total. The minimum atomic E-state index is 0.444. The van der Waals surface area contributed by atoms with Crippen molar-refractivity contribution in [2.45, 2.75) is 57.5 Å². The van der Waals surface area contributed by atoms with E-state index in [4.69, 9.17) is 0 Å². The maximum Gasteiger partial charge on any atom is 0.0355 e. The number of hydrogen-bond donors (Lipinski definition) is 1. The Bertz CT molecular complexity index is 382. The highest BCUT2D eigenvalue weighted by atomic mass is 15.1. The molecule has 2 unspecified atom stereocenters. The van der Waals surface area contributed by atoms with Crippen molar-refractivity contribution in [1.29, 1.82) is 0 Å². The summed E-state index contributed by atoms with van der Waals surface area (Å²) >= 11 is 0. The van der Waals surface area contributed by atoms with Crippen LogP contribution in [0.3, 0.4) is 0 Å². The Morgan fingerprint density at radius 2 is 1.71 bits per heavy atom. The lowest BCUT2D eigenvalue weighted by Crippen LogP contribution is -2.38. The molecular formula is C19H32N2. The largest absolute Gasteiger partial charge is 0.313 e. The van der Waals surface area contributed by atoms with Crippen molar-refractivity contribution in [1.82, 2.24) is 10.2 Å². The standard InChI is InChI=1S/C19H32N2/c1-16(19(20-2)17-11-7-6-8-12-17)15-21(3)18-13-9-4-5-10-14-18/h6-8,11-12,16,18-20H,4-5,9-10,13-15H2,1-3H3. The summed E-state index contributed by atoms with van der Waals surface area (Å²) in [6.07, 6.45) is 8.47. The zero-order valence-electron chi connectivity index (χ0n) is 14.0. The molecule has 118 valence electrons. The van der Waals surface area contributed by atoms with Gasteiger partial charge in [0.25, 0.3) is 0 Å². The zero-order valence-corrected chi connectivity index (χ0v) is 14.0. The molecule has 0 radical (unpaired) electrons. The second kappa shape index (κ2) is 8.55. The molecule has 1 aromatic carbocycles. The van der Waals surface area contributed by atoms with Gasteiger partial charge >= 0.3 is 0 Å². The van der Waals surface area contributed by atoms with Crippen LogP contribution in [0.15, 0.2) is 30.3 Å². The lowest BCUT2D eigenvalue weighted by atomic mass is 9.93. The third kappa shape index (κ3) is 4.82. The lowest BCUT2D eigenvalue weighted by Gasteiger charge is -2.33. The average molecular weight is 288 g/mol. The predicted molar refractivity (Wildman–Crippen MR) is 91.5 cm³/mol. The van der Waals surface area contributed by atoms with Crippen LogP contribution in [0.2, 0.25) is 0 Å². The van der Waals surface area contributed by atoms with Crippen LogP contribution >= 0.6 is 0 Å². The summed E-state index contributed by atoms with van der Waals surface area (Å²) in [5.41, 5.74) is 1.40. The minimum Gasteiger partial charge on any atom is -0.313 e. The van der Waals surface area contributed by atoms with Crippen LogP contribution in [0, 0.1) is 5.92 Å². The van der Waals surface area contributed by atoms with Gasteiger partial charge in [-0.3, -0.25) is 0 Å². The molecule has 2 heteroatoms. The fourth-order valence-electron chi connectivity index (χ4n) is 3.85. The topological polar surface area (TPSA) is 15.3 Å². The van der Waals surface area contributed by atoms with Crippen molar-refractivity contribution in [2.75, 3.05) is 20.6 Å². The summed E-state index contributed by atoms with van der Waals surface area (Å²) in [7, 11) is 4.41. The van der Waals surface area contributed by atoms with Crippen molar-refractivity contribution in [3.63, 3.8) is 0 Å². The first-order chi connectivity index (χ1) is 10.2. The van der Waals surface area contributed by atoms with Crippen LogP contribution in [-0.2, 0) is 0 Å². The number of nitrogens with one attached hydrogen (secondary N) is 1. The Morgan fingerprint density at radius 3 is 2.29 bits per heavy atom. The smallest absolute Gasteiger partial charge is 0.0355 e. The van der Waals surface area contributed by atoms with E-state index >= 15 is 0 Å². The van der Waals surface area contributed by atoms with E-state index in [0.717, 1.165) is 6.04 Å². The Labute approximate surface area is 130 Å². The summed E-state index contributed by atoms with van der Waals surface area (Å²) in [6, 6.07) is 12.1. The fourth-order valence-corrected chi connectivity index (χ4v) is 3.85. The number of benzene rings is 1. The Balaban J connectivity index is 1.93. The Kier molecular flexibility index (Phi) is 6.72. The van der Waals surface area contributed by atoms with Crippen molar-refractivity contribution in [2.24, 2.45) is 5.92 Å². The van der Waals surface area contributed by atoms with Gasteiger partial charge < -0.3 is 10.2 Å². The third-order valence-electron chi connectivity index (χ3n) is 5.06. The Hall–Kier alpha value is -0.860. The summed E-state index contributed by atoms with van der Waals surface area (Å²) in [6.45, 7) is 3.55. The second-order valence-corrected chi connectivity index (χ2v) is 6.74. The molecule has 1 aromatic rings. The molecule has 1 fully saturated rings. The molecule has 1 aliphatic rings. The zero-order chi connectivity index (χ0) is 15.1. The summed E-state index contributed by atoms with van der Waals surface area (Å²) in [5, 5.41) is 3.51. The average Bonchev–Trinajstić information content (AvgIpc) is 2.78. The van der Waals surface area contributed by atoms with Crippen LogP contribution in [0.4, 0.5) is 0 Å². The highest BCUT2D eigenvalue weighted by Gasteiger charge is 2.23. The van der Waals surface area contributed by atoms with Crippen molar-refractivity contribution in [3.8, 4) is 0 Å². The van der Waals surface area contributed by atoms with Crippen molar-refractivity contribution < 1.29 is 0 Å². The summed E-state index contributed by atoms with van der Waals surface area (Å²) < 4.78 is 0. The maximum absolute atomic E-state index is 3.51. The van der Waals surface area contributed by atoms with Gasteiger partial charge in [-0.05, 0) is 38.4 Å². The van der Waals surface area contributed by atoms with Gasteiger partial charge in [-0.15, -0.1) is 0 Å². The highest BCUT2D eigenvalue weighted by Crippen LogP contribution is 2.25. The van der Waals surface area contributed by atoms with E-state index in [1.165, 1.54) is 50.6 Å². The van der Waals surface area contributed by atoms with Crippen LogP contribution < -0.4 is 5.32 Å². The molecule has 0 aromatic heterocycles. The molecule has 1 N–H and O–H groups in total. The van der Waals surface area contributed by atoms with Gasteiger partial charge in [-0.2, -0.15) is 0 Å². The van der Waals surface area contributed by atoms with Gasteiger partial charge in [-0.25, -0.2) is 0 Å². The molecule has 0 saturated heterocycles. The first kappa shape index (κ1) is 16.5. The maximum atomic E-state index is 3.51. The van der Waals surface area contributed by atoms with Crippen LogP contribution in [0.5, 0.6) is 0 Å². The van der Waals surface area contributed by atoms with E-state index in [2.05, 4.69) is 61.6 Å². The van der Waals surface area contributed by atoms with E-state index in [0.29, 0.717) is 12.0 Å². The van der Waals surface area contributed by atoms with Gasteiger partial charge in [0, 0.05) is 18.6 Å².